The number of halogens is 3. The quantitative estimate of drug-likeness (QED) is 0.186. The van der Waals surface area contributed by atoms with Gasteiger partial charge in [-0.3, -0.25) is 0 Å². The van der Waals surface area contributed by atoms with Gasteiger partial charge in [0.25, 0.3) is 9.84 Å². The van der Waals surface area contributed by atoms with Crippen LogP contribution in [0.15, 0.2) is 157 Å². The van der Waals surface area contributed by atoms with Crippen LogP contribution in [0.2, 0.25) is 0 Å². The van der Waals surface area contributed by atoms with Crippen LogP contribution in [0.25, 0.3) is 76.8 Å². The second kappa shape index (κ2) is 11.2. The van der Waals surface area contributed by atoms with Crippen molar-refractivity contribution < 1.29 is 21.6 Å². The van der Waals surface area contributed by atoms with Gasteiger partial charge < -0.3 is 0 Å². The number of fused-ring (bicyclic) bond motifs is 6. The minimum Gasteiger partial charge on any atom is -0.214 e. The van der Waals surface area contributed by atoms with Crippen LogP contribution in [0.1, 0.15) is 11.1 Å². The molecule has 0 aliphatic heterocycles. The van der Waals surface area contributed by atoms with E-state index in [4.69, 9.17) is 0 Å². The Bertz CT molecular complexity index is 2780. The van der Waals surface area contributed by atoms with Crippen molar-refractivity contribution in [1.29, 1.82) is 0 Å². The molecule has 0 aromatic heterocycles. The van der Waals surface area contributed by atoms with E-state index >= 15 is 13.2 Å². The summed E-state index contributed by atoms with van der Waals surface area (Å²) in [6.07, 6.45) is 0.276. The summed E-state index contributed by atoms with van der Waals surface area (Å²) in [7, 11) is -5.92. The van der Waals surface area contributed by atoms with Crippen LogP contribution in [0.3, 0.4) is 0 Å². The first kappa shape index (κ1) is 30.3. The summed E-state index contributed by atoms with van der Waals surface area (Å²) >= 11 is 0. The van der Waals surface area contributed by atoms with Crippen molar-refractivity contribution >= 4 is 42.2 Å². The highest BCUT2D eigenvalue weighted by Crippen LogP contribution is 2.58. The van der Waals surface area contributed by atoms with Crippen molar-refractivity contribution in [3.63, 3.8) is 0 Å². The Morgan fingerprint density at radius 3 is 1.34 bits per heavy atom. The largest absolute Gasteiger partial charge is 0.501 e. The number of hydrogen-bond donors (Lipinski definition) is 0. The molecule has 6 heteroatoms. The molecule has 8 aromatic rings. The van der Waals surface area contributed by atoms with Gasteiger partial charge in [0.15, 0.2) is 0 Å². The van der Waals surface area contributed by atoms with Gasteiger partial charge >= 0.3 is 5.51 Å². The molecule has 0 spiro atoms. The average molecular weight is 677 g/mol. The van der Waals surface area contributed by atoms with Crippen LogP contribution in [-0.2, 0) is 16.3 Å². The molecule has 0 saturated heterocycles. The maximum Gasteiger partial charge on any atom is 0.501 e. The van der Waals surface area contributed by atoms with Crippen LogP contribution in [0, 0.1) is 0 Å². The van der Waals surface area contributed by atoms with E-state index in [2.05, 4.69) is 0 Å². The van der Waals surface area contributed by atoms with Crippen molar-refractivity contribution in [2.45, 2.75) is 16.8 Å². The van der Waals surface area contributed by atoms with E-state index in [0.29, 0.717) is 33.2 Å². The van der Waals surface area contributed by atoms with Gasteiger partial charge in [0.05, 0.1) is 4.90 Å². The first-order valence-corrected chi connectivity index (χ1v) is 17.8. The molecule has 2 nitrogen and oxygen atoms in total. The molecule has 50 heavy (non-hydrogen) atoms. The Hall–Kier alpha value is -5.72. The van der Waals surface area contributed by atoms with E-state index in [9.17, 15) is 8.42 Å². The Kier molecular flexibility index (Phi) is 6.77. The summed E-state index contributed by atoms with van der Waals surface area (Å²) in [6, 6.07) is 47.5. The van der Waals surface area contributed by atoms with Crippen molar-refractivity contribution in [3.05, 3.63) is 163 Å². The van der Waals surface area contributed by atoms with Crippen LogP contribution in [-0.4, -0.2) is 13.9 Å². The summed E-state index contributed by atoms with van der Waals surface area (Å²) < 4.78 is 74.3. The summed E-state index contributed by atoms with van der Waals surface area (Å²) in [5.74, 6) is 0. The van der Waals surface area contributed by atoms with E-state index in [1.54, 1.807) is 24.3 Å². The van der Waals surface area contributed by atoms with Gasteiger partial charge in [-0.2, -0.15) is 13.2 Å². The first-order valence-electron chi connectivity index (χ1n) is 16.3. The molecule has 0 saturated carbocycles. The lowest BCUT2D eigenvalue weighted by Crippen LogP contribution is -2.25. The lowest BCUT2D eigenvalue weighted by atomic mass is 9.79. The smallest absolute Gasteiger partial charge is 0.214 e. The van der Waals surface area contributed by atoms with Crippen LogP contribution < -0.4 is 0 Å². The second-order valence-corrected chi connectivity index (χ2v) is 14.5. The van der Waals surface area contributed by atoms with Gasteiger partial charge in [0.2, 0.25) is 0 Å². The fourth-order valence-corrected chi connectivity index (χ4v) is 9.10. The lowest BCUT2D eigenvalue weighted by Gasteiger charge is -2.27. The number of alkyl halides is 3. The molecule has 242 valence electrons. The maximum absolute atomic E-state index is 15.2. The summed E-state index contributed by atoms with van der Waals surface area (Å²) in [5, 5.41) is 5.04. The van der Waals surface area contributed by atoms with E-state index in [1.165, 1.54) is 0 Å². The van der Waals surface area contributed by atoms with Crippen molar-refractivity contribution in [3.8, 4) is 44.5 Å². The van der Waals surface area contributed by atoms with E-state index in [1.807, 2.05) is 127 Å². The monoisotopic (exact) mass is 676 g/mol. The van der Waals surface area contributed by atoms with E-state index < -0.39 is 20.2 Å². The Morgan fingerprint density at radius 2 is 0.820 bits per heavy atom. The molecular weight excluding hydrogens is 650 g/mol. The number of rotatable bonds is 4. The summed E-state index contributed by atoms with van der Waals surface area (Å²) in [4.78, 5) is -0.701. The Morgan fingerprint density at radius 1 is 0.420 bits per heavy atom. The molecule has 0 unspecified atom stereocenters. The third-order valence-corrected chi connectivity index (χ3v) is 11.5. The van der Waals surface area contributed by atoms with E-state index in [0.717, 1.165) is 43.6 Å². The fourth-order valence-electron chi connectivity index (χ4n) is 7.89. The van der Waals surface area contributed by atoms with Crippen LogP contribution in [0.5, 0.6) is 0 Å². The molecular formula is C44H27F3O2S. The predicted octanol–water partition coefficient (Wildman–Crippen LogP) is 12.0. The molecule has 1 aliphatic rings. The maximum atomic E-state index is 15.2. The standard InChI is InChI=1S/C44H27F3O2S/c45-44(46,47)50(48,49)43-40-34-22-8-4-15-30(34)26-38(40)39(35-23-9-16-27-12-1-5-19-31(27)35)41(36-24-10-17-28-13-2-6-20-32(28)36)42(43)37-25-11-18-29-14-3-7-21-33(29)37/h1-25H,26H2. The van der Waals surface area contributed by atoms with Gasteiger partial charge in [-0.15, -0.1) is 0 Å². The zero-order valence-electron chi connectivity index (χ0n) is 26.5. The van der Waals surface area contributed by atoms with Crippen LogP contribution in [0.4, 0.5) is 13.2 Å². The summed E-state index contributed by atoms with van der Waals surface area (Å²) in [6.45, 7) is 0. The second-order valence-electron chi connectivity index (χ2n) is 12.7. The Balaban J connectivity index is 1.63. The molecule has 9 rings (SSSR count). The predicted molar refractivity (Wildman–Crippen MR) is 197 cm³/mol. The lowest BCUT2D eigenvalue weighted by molar-refractivity contribution is -0.0435. The molecule has 0 radical (unpaired) electrons. The molecule has 0 atom stereocenters. The number of benzene rings is 8. The fraction of sp³-hybridized carbons (Fsp3) is 0.0455. The zero-order valence-corrected chi connectivity index (χ0v) is 27.3. The third-order valence-electron chi connectivity index (χ3n) is 9.96. The Labute approximate surface area is 287 Å². The van der Waals surface area contributed by atoms with Crippen molar-refractivity contribution in [1.82, 2.24) is 0 Å². The van der Waals surface area contributed by atoms with Gasteiger partial charge in [0.1, 0.15) is 0 Å². The highest BCUT2D eigenvalue weighted by Gasteiger charge is 2.51. The molecule has 0 heterocycles. The normalized spacial score (nSPS) is 12.8. The van der Waals surface area contributed by atoms with Gasteiger partial charge in [-0.1, -0.05) is 152 Å². The zero-order chi connectivity index (χ0) is 34.2. The molecule has 0 amide bonds. The molecule has 8 aromatic carbocycles. The first-order chi connectivity index (χ1) is 24.2. The molecule has 1 aliphatic carbocycles. The van der Waals surface area contributed by atoms with Crippen molar-refractivity contribution in [2.75, 3.05) is 0 Å². The van der Waals surface area contributed by atoms with Gasteiger partial charge in [-0.05, 0) is 83.2 Å². The van der Waals surface area contributed by atoms with Gasteiger partial charge in [-0.25, -0.2) is 8.42 Å². The number of hydrogen-bond acceptors (Lipinski definition) is 2. The highest BCUT2D eigenvalue weighted by molar-refractivity contribution is 7.92. The van der Waals surface area contributed by atoms with Gasteiger partial charge in [0, 0.05) is 11.1 Å². The minimum atomic E-state index is -5.92. The van der Waals surface area contributed by atoms with E-state index in [-0.39, 0.29) is 17.5 Å². The van der Waals surface area contributed by atoms with Crippen molar-refractivity contribution in [2.24, 2.45) is 0 Å². The molecule has 0 bridgehead atoms. The SMILES string of the molecule is O=S(=O)(c1c2c(c(-c3cccc4ccccc34)c(-c3cccc4ccccc34)c1-c1cccc3ccccc13)Cc1ccccc1-2)C(F)(F)F. The molecule has 0 N–H and O–H groups in total. The highest BCUT2D eigenvalue weighted by atomic mass is 32.2. The number of sulfone groups is 1. The topological polar surface area (TPSA) is 34.1 Å². The average Bonchev–Trinajstić information content (AvgIpc) is 3.52. The third kappa shape index (κ3) is 4.45. The van der Waals surface area contributed by atoms with Crippen LogP contribution >= 0.6 is 0 Å². The molecule has 0 fully saturated rings. The summed E-state index contributed by atoms with van der Waals surface area (Å²) in [5.41, 5.74) is -0.453. The minimum absolute atomic E-state index is 0.0499.